The van der Waals surface area contributed by atoms with Crippen molar-refractivity contribution in [3.63, 3.8) is 0 Å². The lowest BCUT2D eigenvalue weighted by molar-refractivity contribution is 0.636. The smallest absolute Gasteiger partial charge is 0.0975 e. The van der Waals surface area contributed by atoms with Crippen molar-refractivity contribution in [3.05, 3.63) is 90.0 Å². The van der Waals surface area contributed by atoms with E-state index in [2.05, 4.69) is 96.5 Å². The number of hydrogen-bond acceptors (Lipinski definition) is 3. The van der Waals surface area contributed by atoms with Gasteiger partial charge in [0.15, 0.2) is 0 Å². The highest BCUT2D eigenvalue weighted by Gasteiger charge is 2.46. The molecule has 30 heavy (non-hydrogen) atoms. The SMILES string of the molecule is CC1C=CC=CC1c1cc(-c2ccc3sc4ccccc4c3c2)cc2c1N[C@@H]1NC21. The van der Waals surface area contributed by atoms with Crippen LogP contribution < -0.4 is 10.6 Å². The van der Waals surface area contributed by atoms with E-state index in [1.54, 1.807) is 0 Å². The third kappa shape index (κ3) is 2.39. The van der Waals surface area contributed by atoms with Crippen molar-refractivity contribution in [1.29, 1.82) is 0 Å². The number of allylic oxidation sites excluding steroid dienone is 4. The predicted octanol–water partition coefficient (Wildman–Crippen LogP) is 6.96. The van der Waals surface area contributed by atoms with Crippen LogP contribution in [0, 0.1) is 5.92 Å². The Hall–Kier alpha value is -2.88. The van der Waals surface area contributed by atoms with Crippen LogP contribution in [0.25, 0.3) is 31.3 Å². The van der Waals surface area contributed by atoms with E-state index >= 15 is 0 Å². The third-order valence-electron chi connectivity index (χ3n) is 6.90. The summed E-state index contributed by atoms with van der Waals surface area (Å²) in [5, 5.41) is 10.00. The summed E-state index contributed by atoms with van der Waals surface area (Å²) < 4.78 is 2.72. The summed E-state index contributed by atoms with van der Waals surface area (Å²) in [4.78, 5) is 0. The van der Waals surface area contributed by atoms with E-state index in [1.807, 2.05) is 11.3 Å². The molecule has 3 unspecified atom stereocenters. The standard InChI is InChI=1S/C27H22N2S/c1-15-6-2-3-7-18(15)21-13-17(14-22-25(21)28-27-26(22)29-27)16-10-11-24-20(12-16)19-8-4-5-9-23(19)30-24/h2-15,18,26-29H,1H3/t15?,18?,26?,27-/m1/s1. The first-order chi connectivity index (χ1) is 14.8. The normalized spacial score (nSPS) is 26.0. The molecule has 0 radical (unpaired) electrons. The van der Waals surface area contributed by atoms with Crippen molar-refractivity contribution in [2.24, 2.45) is 5.92 Å². The fourth-order valence-corrected chi connectivity index (χ4v) is 6.31. The molecule has 0 saturated carbocycles. The first-order valence-electron chi connectivity index (χ1n) is 10.7. The highest BCUT2D eigenvalue weighted by atomic mass is 32.1. The summed E-state index contributed by atoms with van der Waals surface area (Å²) in [6.07, 6.45) is 9.46. The monoisotopic (exact) mass is 406 g/mol. The van der Waals surface area contributed by atoms with Crippen LogP contribution in [0.4, 0.5) is 5.69 Å². The van der Waals surface area contributed by atoms with Gasteiger partial charge in [0, 0.05) is 31.8 Å². The molecule has 3 heteroatoms. The summed E-state index contributed by atoms with van der Waals surface area (Å²) in [6, 6.07) is 21.0. The van der Waals surface area contributed by atoms with E-state index in [9.17, 15) is 0 Å². The fraction of sp³-hybridized carbons (Fsp3) is 0.185. The Morgan fingerprint density at radius 3 is 2.57 bits per heavy atom. The molecule has 3 aromatic carbocycles. The van der Waals surface area contributed by atoms with E-state index in [4.69, 9.17) is 0 Å². The maximum Gasteiger partial charge on any atom is 0.0975 e. The molecule has 1 aliphatic carbocycles. The van der Waals surface area contributed by atoms with Crippen LogP contribution in [-0.2, 0) is 0 Å². The molecule has 7 rings (SSSR count). The van der Waals surface area contributed by atoms with Gasteiger partial charge in [-0.3, -0.25) is 5.32 Å². The van der Waals surface area contributed by atoms with Gasteiger partial charge in [0.2, 0.25) is 0 Å². The zero-order valence-corrected chi connectivity index (χ0v) is 17.5. The van der Waals surface area contributed by atoms with E-state index in [1.165, 1.54) is 48.1 Å². The van der Waals surface area contributed by atoms with Crippen LogP contribution in [0.5, 0.6) is 0 Å². The van der Waals surface area contributed by atoms with Crippen LogP contribution in [0.1, 0.15) is 30.0 Å². The Bertz CT molecular complexity index is 1390. The number of benzene rings is 3. The summed E-state index contributed by atoms with van der Waals surface area (Å²) in [5.41, 5.74) is 6.85. The molecule has 1 fully saturated rings. The fourth-order valence-electron chi connectivity index (χ4n) is 5.23. The molecule has 1 aromatic heterocycles. The molecule has 0 bridgehead atoms. The first kappa shape index (κ1) is 16.9. The number of nitrogens with one attached hydrogen (secondary N) is 2. The lowest BCUT2D eigenvalue weighted by Crippen LogP contribution is -2.13. The molecule has 3 heterocycles. The maximum atomic E-state index is 3.72. The predicted molar refractivity (Wildman–Crippen MR) is 128 cm³/mol. The van der Waals surface area contributed by atoms with Gasteiger partial charge < -0.3 is 5.32 Å². The Morgan fingerprint density at radius 2 is 1.63 bits per heavy atom. The van der Waals surface area contributed by atoms with Crippen LogP contribution in [-0.4, -0.2) is 6.17 Å². The van der Waals surface area contributed by atoms with Gasteiger partial charge in [0.25, 0.3) is 0 Å². The third-order valence-corrected chi connectivity index (χ3v) is 8.05. The summed E-state index contributed by atoms with van der Waals surface area (Å²) in [6.45, 7) is 2.32. The zero-order valence-electron chi connectivity index (χ0n) is 16.7. The van der Waals surface area contributed by atoms with Gasteiger partial charge in [0.1, 0.15) is 0 Å². The van der Waals surface area contributed by atoms with E-state index in [0.717, 1.165) is 0 Å². The second-order valence-electron chi connectivity index (χ2n) is 8.76. The van der Waals surface area contributed by atoms with Gasteiger partial charge in [-0.05, 0) is 58.5 Å². The number of fused-ring (bicyclic) bond motifs is 6. The van der Waals surface area contributed by atoms with Crippen molar-refractivity contribution in [1.82, 2.24) is 5.32 Å². The molecule has 0 amide bonds. The molecule has 146 valence electrons. The van der Waals surface area contributed by atoms with Crippen LogP contribution in [0.15, 0.2) is 78.9 Å². The summed E-state index contributed by atoms with van der Waals surface area (Å²) in [5.74, 6) is 0.920. The Labute approximate surface area is 179 Å². The molecule has 2 aliphatic heterocycles. The minimum Gasteiger partial charge on any atom is -0.368 e. The second kappa shape index (κ2) is 6.07. The number of anilines is 1. The molecule has 3 aliphatic rings. The highest BCUT2D eigenvalue weighted by molar-refractivity contribution is 7.25. The van der Waals surface area contributed by atoms with Crippen molar-refractivity contribution < 1.29 is 0 Å². The van der Waals surface area contributed by atoms with Gasteiger partial charge >= 0.3 is 0 Å². The number of rotatable bonds is 2. The average Bonchev–Trinajstić information content (AvgIpc) is 3.31. The van der Waals surface area contributed by atoms with Gasteiger partial charge in [-0.15, -0.1) is 11.3 Å². The quantitative estimate of drug-likeness (QED) is 0.353. The molecular weight excluding hydrogens is 384 g/mol. The van der Waals surface area contributed by atoms with Crippen LogP contribution in [0.2, 0.25) is 0 Å². The van der Waals surface area contributed by atoms with Crippen LogP contribution in [0.3, 0.4) is 0 Å². The van der Waals surface area contributed by atoms with E-state index in [-0.39, 0.29) is 0 Å². The van der Waals surface area contributed by atoms with Crippen molar-refractivity contribution in [2.45, 2.75) is 25.0 Å². The van der Waals surface area contributed by atoms with Crippen molar-refractivity contribution >= 4 is 37.2 Å². The lowest BCUT2D eigenvalue weighted by atomic mass is 9.81. The summed E-state index contributed by atoms with van der Waals surface area (Å²) >= 11 is 1.88. The van der Waals surface area contributed by atoms with Crippen molar-refractivity contribution in [3.8, 4) is 11.1 Å². The number of hydrogen-bond donors (Lipinski definition) is 2. The molecule has 2 nitrogen and oxygen atoms in total. The minimum atomic E-state index is 0.413. The topological polar surface area (TPSA) is 34.0 Å². The molecule has 4 atom stereocenters. The molecule has 1 saturated heterocycles. The van der Waals surface area contributed by atoms with Gasteiger partial charge in [-0.1, -0.05) is 55.5 Å². The Kier molecular flexibility index (Phi) is 3.41. The first-order valence-corrected chi connectivity index (χ1v) is 11.5. The van der Waals surface area contributed by atoms with Crippen molar-refractivity contribution in [2.75, 3.05) is 5.32 Å². The maximum absolute atomic E-state index is 3.72. The Morgan fingerprint density at radius 1 is 0.800 bits per heavy atom. The van der Waals surface area contributed by atoms with E-state index < -0.39 is 0 Å². The van der Waals surface area contributed by atoms with E-state index in [0.29, 0.717) is 24.0 Å². The van der Waals surface area contributed by atoms with Gasteiger partial charge in [0.05, 0.1) is 12.2 Å². The molecule has 0 spiro atoms. The summed E-state index contributed by atoms with van der Waals surface area (Å²) in [7, 11) is 0. The molecular formula is C27H22N2S. The molecule has 4 aromatic rings. The average molecular weight is 407 g/mol. The largest absolute Gasteiger partial charge is 0.368 e. The Balaban J connectivity index is 1.43. The number of thiophene rings is 1. The second-order valence-corrected chi connectivity index (χ2v) is 9.84. The zero-order chi connectivity index (χ0) is 19.8. The van der Waals surface area contributed by atoms with Crippen LogP contribution >= 0.6 is 11.3 Å². The highest BCUT2D eigenvalue weighted by Crippen LogP contribution is 2.49. The lowest BCUT2D eigenvalue weighted by Gasteiger charge is -2.25. The minimum absolute atomic E-state index is 0.413. The van der Waals surface area contributed by atoms with Gasteiger partial charge in [-0.25, -0.2) is 0 Å². The van der Waals surface area contributed by atoms with Gasteiger partial charge in [-0.2, -0.15) is 0 Å². The molecule has 2 N–H and O–H groups in total.